The van der Waals surface area contributed by atoms with Crippen LogP contribution in [0.2, 0.25) is 0 Å². The molecular weight excluding hydrogens is 364 g/mol. The minimum Gasteiger partial charge on any atom is -0.497 e. The highest BCUT2D eigenvalue weighted by Crippen LogP contribution is 2.25. The first-order chi connectivity index (χ1) is 12.8. The molecule has 0 heterocycles. The van der Waals surface area contributed by atoms with Crippen molar-refractivity contribution in [2.45, 2.75) is 32.4 Å². The summed E-state index contributed by atoms with van der Waals surface area (Å²) in [5, 5.41) is 2.92. The van der Waals surface area contributed by atoms with Gasteiger partial charge in [-0.25, -0.2) is 8.42 Å². The van der Waals surface area contributed by atoms with Crippen LogP contribution in [0.5, 0.6) is 5.75 Å². The molecule has 0 radical (unpaired) electrons. The summed E-state index contributed by atoms with van der Waals surface area (Å²) < 4.78 is 31.2. The number of carbonyl (C=O) groups excluding carboxylic acids is 1. The van der Waals surface area contributed by atoms with Crippen LogP contribution in [0.15, 0.2) is 54.6 Å². The molecule has 0 aliphatic heterocycles. The van der Waals surface area contributed by atoms with Crippen molar-refractivity contribution in [3.63, 3.8) is 0 Å². The van der Waals surface area contributed by atoms with E-state index < -0.39 is 16.1 Å². The Hall–Kier alpha value is -2.54. The Morgan fingerprint density at radius 2 is 1.70 bits per heavy atom. The summed E-state index contributed by atoms with van der Waals surface area (Å²) in [5.74, 6) is 0.275. The van der Waals surface area contributed by atoms with Crippen molar-refractivity contribution in [2.75, 3.05) is 17.7 Å². The third kappa shape index (κ3) is 5.23. The van der Waals surface area contributed by atoms with Crippen LogP contribution in [0.25, 0.3) is 0 Å². The number of methoxy groups -OCH3 is 1. The molecule has 1 N–H and O–H groups in total. The third-order valence-corrected chi connectivity index (χ3v) is 5.49. The van der Waals surface area contributed by atoms with E-state index in [0.717, 1.165) is 11.8 Å². The molecule has 2 aromatic carbocycles. The Kier molecular flexibility index (Phi) is 6.85. The largest absolute Gasteiger partial charge is 0.497 e. The molecule has 0 aliphatic carbocycles. The van der Waals surface area contributed by atoms with Gasteiger partial charge >= 0.3 is 0 Å². The topological polar surface area (TPSA) is 75.7 Å². The van der Waals surface area contributed by atoms with E-state index in [-0.39, 0.29) is 11.9 Å². The van der Waals surface area contributed by atoms with Crippen LogP contribution in [0, 0.1) is 0 Å². The maximum absolute atomic E-state index is 12.9. The second-order valence-corrected chi connectivity index (χ2v) is 8.18. The normalized spacial score (nSPS) is 13.5. The Morgan fingerprint density at radius 3 is 2.19 bits per heavy atom. The van der Waals surface area contributed by atoms with Crippen molar-refractivity contribution >= 4 is 21.6 Å². The van der Waals surface area contributed by atoms with Gasteiger partial charge in [-0.2, -0.15) is 0 Å². The Bertz CT molecular complexity index is 851. The molecule has 2 rings (SSSR count). The lowest BCUT2D eigenvalue weighted by Gasteiger charge is -2.31. The number of benzene rings is 2. The summed E-state index contributed by atoms with van der Waals surface area (Å²) in [6.07, 6.45) is 1.44. The highest BCUT2D eigenvalue weighted by atomic mass is 32.2. The smallest absolute Gasteiger partial charge is 0.244 e. The van der Waals surface area contributed by atoms with Crippen LogP contribution in [0.1, 0.15) is 31.9 Å². The van der Waals surface area contributed by atoms with E-state index >= 15 is 0 Å². The lowest BCUT2D eigenvalue weighted by Crippen LogP contribution is -2.49. The van der Waals surface area contributed by atoms with E-state index in [9.17, 15) is 13.2 Å². The molecule has 0 fully saturated rings. The zero-order chi connectivity index (χ0) is 20.0. The fourth-order valence-electron chi connectivity index (χ4n) is 2.92. The Balaban J connectivity index is 2.30. The van der Waals surface area contributed by atoms with E-state index in [1.54, 1.807) is 31.2 Å². The number of amides is 1. The van der Waals surface area contributed by atoms with Crippen molar-refractivity contribution in [3.8, 4) is 5.75 Å². The lowest BCUT2D eigenvalue weighted by molar-refractivity contribution is -0.122. The monoisotopic (exact) mass is 390 g/mol. The number of rotatable bonds is 8. The summed E-state index contributed by atoms with van der Waals surface area (Å²) >= 11 is 0. The number of hydrogen-bond acceptors (Lipinski definition) is 4. The Labute approximate surface area is 161 Å². The number of ether oxygens (including phenoxy) is 1. The number of nitrogens with zero attached hydrogens (tertiary/aromatic N) is 1. The maximum atomic E-state index is 12.9. The molecule has 0 bridgehead atoms. The van der Waals surface area contributed by atoms with Crippen LogP contribution in [0.4, 0.5) is 5.69 Å². The average Bonchev–Trinajstić information content (AvgIpc) is 2.65. The second kappa shape index (κ2) is 8.90. The fraction of sp³-hybridized carbons (Fsp3) is 0.350. The van der Waals surface area contributed by atoms with Crippen LogP contribution < -0.4 is 14.4 Å². The molecule has 2 aromatic rings. The van der Waals surface area contributed by atoms with Gasteiger partial charge in [-0.05, 0) is 43.2 Å². The highest BCUT2D eigenvalue weighted by molar-refractivity contribution is 7.92. The van der Waals surface area contributed by atoms with Gasteiger partial charge in [0.05, 0.1) is 25.1 Å². The van der Waals surface area contributed by atoms with E-state index in [1.165, 1.54) is 11.4 Å². The van der Waals surface area contributed by atoms with Crippen molar-refractivity contribution < 1.29 is 17.9 Å². The van der Waals surface area contributed by atoms with Gasteiger partial charge in [0.15, 0.2) is 0 Å². The van der Waals surface area contributed by atoms with Gasteiger partial charge < -0.3 is 10.1 Å². The van der Waals surface area contributed by atoms with Gasteiger partial charge in [-0.3, -0.25) is 9.10 Å². The van der Waals surface area contributed by atoms with Crippen molar-refractivity contribution in [2.24, 2.45) is 0 Å². The molecule has 0 aliphatic rings. The van der Waals surface area contributed by atoms with Crippen molar-refractivity contribution in [3.05, 3.63) is 60.2 Å². The molecule has 7 heteroatoms. The molecule has 146 valence electrons. The summed E-state index contributed by atoms with van der Waals surface area (Å²) in [7, 11) is -2.12. The predicted molar refractivity (Wildman–Crippen MR) is 107 cm³/mol. The van der Waals surface area contributed by atoms with Gasteiger partial charge in [0.1, 0.15) is 11.8 Å². The number of sulfonamides is 1. The van der Waals surface area contributed by atoms with Gasteiger partial charge in [-0.1, -0.05) is 37.3 Å². The first-order valence-electron chi connectivity index (χ1n) is 8.76. The molecule has 27 heavy (non-hydrogen) atoms. The Morgan fingerprint density at radius 1 is 1.11 bits per heavy atom. The number of nitrogens with one attached hydrogen (secondary N) is 1. The highest BCUT2D eigenvalue weighted by Gasteiger charge is 2.32. The van der Waals surface area contributed by atoms with Crippen LogP contribution >= 0.6 is 0 Å². The van der Waals surface area contributed by atoms with E-state index in [4.69, 9.17) is 4.74 Å². The van der Waals surface area contributed by atoms with E-state index in [2.05, 4.69) is 5.32 Å². The molecule has 0 saturated heterocycles. The SMILES string of the molecule is CC[C@@H](C(=O)N[C@@H](C)c1ccccc1)N(c1ccc(OC)cc1)S(C)(=O)=O. The first-order valence-corrected chi connectivity index (χ1v) is 10.6. The zero-order valence-corrected chi connectivity index (χ0v) is 16.9. The lowest BCUT2D eigenvalue weighted by atomic mass is 10.1. The van der Waals surface area contributed by atoms with Crippen molar-refractivity contribution in [1.29, 1.82) is 0 Å². The molecule has 0 unspecified atom stereocenters. The van der Waals surface area contributed by atoms with Gasteiger partial charge in [0.2, 0.25) is 15.9 Å². The average molecular weight is 391 g/mol. The van der Waals surface area contributed by atoms with Gasteiger partial charge in [0.25, 0.3) is 0 Å². The fourth-order valence-corrected chi connectivity index (χ4v) is 4.14. The molecule has 1 amide bonds. The van der Waals surface area contributed by atoms with Crippen LogP contribution in [0.3, 0.4) is 0 Å². The van der Waals surface area contributed by atoms with Gasteiger partial charge in [-0.15, -0.1) is 0 Å². The molecule has 0 aromatic heterocycles. The minimum atomic E-state index is -3.66. The van der Waals surface area contributed by atoms with Crippen molar-refractivity contribution in [1.82, 2.24) is 5.32 Å². The summed E-state index contributed by atoms with van der Waals surface area (Å²) in [5.41, 5.74) is 1.38. The zero-order valence-electron chi connectivity index (χ0n) is 16.0. The summed E-state index contributed by atoms with van der Waals surface area (Å²) in [6, 6.07) is 15.1. The number of hydrogen-bond donors (Lipinski definition) is 1. The molecule has 0 spiro atoms. The van der Waals surface area contributed by atoms with E-state index in [1.807, 2.05) is 37.3 Å². The summed E-state index contributed by atoms with van der Waals surface area (Å²) in [6.45, 7) is 3.66. The first kappa shape index (κ1) is 20.8. The molecular formula is C20H26N2O4S. The molecule has 2 atom stereocenters. The third-order valence-electron chi connectivity index (χ3n) is 4.31. The number of carbonyl (C=O) groups is 1. The standard InChI is InChI=1S/C20H26N2O4S/c1-5-19(20(23)21-15(2)16-9-7-6-8-10-16)22(27(4,24)25)17-11-13-18(26-3)14-12-17/h6-15,19H,5H2,1-4H3,(H,21,23)/t15-,19-/m0/s1. The molecule has 0 saturated carbocycles. The summed E-state index contributed by atoms with van der Waals surface area (Å²) in [4.78, 5) is 12.9. The quantitative estimate of drug-likeness (QED) is 0.751. The van der Waals surface area contributed by atoms with Gasteiger partial charge in [0, 0.05) is 0 Å². The minimum absolute atomic E-state index is 0.231. The van der Waals surface area contributed by atoms with Crippen LogP contribution in [-0.4, -0.2) is 33.7 Å². The maximum Gasteiger partial charge on any atom is 0.244 e. The molecule has 6 nitrogen and oxygen atoms in total. The van der Waals surface area contributed by atoms with E-state index in [0.29, 0.717) is 17.9 Å². The second-order valence-electron chi connectivity index (χ2n) is 6.32. The van der Waals surface area contributed by atoms with Crippen LogP contribution in [-0.2, 0) is 14.8 Å². The number of anilines is 1. The predicted octanol–water partition coefficient (Wildman–Crippen LogP) is 3.12.